The molecule has 1 unspecified atom stereocenters. The molecule has 2 aliphatic rings. The van der Waals surface area contributed by atoms with Gasteiger partial charge in [-0.05, 0) is 25.2 Å². The van der Waals surface area contributed by atoms with Crippen LogP contribution in [-0.2, 0) is 4.79 Å². The molecule has 1 aliphatic carbocycles. The molecular weight excluding hydrogens is 264 g/mol. The number of nitrogens with one attached hydrogen (secondary N) is 1. The Morgan fingerprint density at radius 3 is 2.42 bits per heavy atom. The highest BCUT2D eigenvalue weighted by molar-refractivity contribution is 5.91. The largest absolute Gasteiger partial charge is 0.324 e. The topological polar surface area (TPSA) is 32.3 Å². The molecule has 1 N–H and O–H groups in total. The van der Waals surface area contributed by atoms with E-state index in [9.17, 15) is 22.4 Å². The van der Waals surface area contributed by atoms with Crippen LogP contribution in [0.2, 0.25) is 0 Å². The summed E-state index contributed by atoms with van der Waals surface area (Å²) in [5, 5.41) is 3.03. The van der Waals surface area contributed by atoms with Crippen LogP contribution in [0.5, 0.6) is 0 Å². The van der Waals surface area contributed by atoms with Gasteiger partial charge in [-0.25, -0.2) is 8.78 Å². The summed E-state index contributed by atoms with van der Waals surface area (Å²) in [7, 11) is 0. The maximum absolute atomic E-state index is 13.2. The normalized spacial score (nSPS) is 26.0. The molecule has 2 rings (SSSR count). The van der Waals surface area contributed by atoms with Crippen LogP contribution in [0.4, 0.5) is 17.6 Å². The van der Waals surface area contributed by atoms with Crippen molar-refractivity contribution in [2.75, 3.05) is 6.54 Å². The summed E-state index contributed by atoms with van der Waals surface area (Å²) in [5.74, 6) is -4.44. The molecule has 0 aromatic rings. The van der Waals surface area contributed by atoms with Gasteiger partial charge in [0.1, 0.15) is 0 Å². The second kappa shape index (κ2) is 4.61. The van der Waals surface area contributed by atoms with Gasteiger partial charge in [0.15, 0.2) is 0 Å². The van der Waals surface area contributed by atoms with Crippen molar-refractivity contribution in [3.05, 3.63) is 0 Å². The first-order valence-corrected chi connectivity index (χ1v) is 6.43. The Kier molecular flexibility index (Phi) is 3.53. The first-order chi connectivity index (χ1) is 8.68. The Bertz CT molecular complexity index is 369. The van der Waals surface area contributed by atoms with E-state index in [4.69, 9.17) is 0 Å². The van der Waals surface area contributed by atoms with Crippen LogP contribution >= 0.6 is 0 Å². The number of halogens is 4. The van der Waals surface area contributed by atoms with Crippen molar-refractivity contribution in [1.82, 2.24) is 10.2 Å². The van der Waals surface area contributed by atoms with E-state index in [1.165, 1.54) is 0 Å². The highest BCUT2D eigenvalue weighted by Crippen LogP contribution is 2.44. The molecule has 1 amide bonds. The number of nitrogens with zero attached hydrogens (tertiary/aromatic N) is 1. The van der Waals surface area contributed by atoms with Crippen molar-refractivity contribution in [3.8, 4) is 0 Å². The molecule has 1 atom stereocenters. The van der Waals surface area contributed by atoms with E-state index < -0.39 is 36.5 Å². The summed E-state index contributed by atoms with van der Waals surface area (Å²) in [4.78, 5) is 13.0. The lowest BCUT2D eigenvalue weighted by atomic mass is 10.1. The number of carbonyl (C=O) groups excluding carboxylic acids is 1. The molecule has 0 aromatic carbocycles. The maximum Gasteiger partial charge on any atom is 0.324 e. The van der Waals surface area contributed by atoms with E-state index in [-0.39, 0.29) is 5.92 Å². The Labute approximate surface area is 109 Å². The van der Waals surface area contributed by atoms with Crippen LogP contribution in [0, 0.1) is 5.92 Å². The van der Waals surface area contributed by atoms with E-state index in [2.05, 4.69) is 5.32 Å². The molecule has 7 heteroatoms. The number of amides is 1. The summed E-state index contributed by atoms with van der Waals surface area (Å²) in [5.41, 5.74) is -0.752. The molecule has 1 heterocycles. The molecule has 3 nitrogen and oxygen atoms in total. The molecule has 19 heavy (non-hydrogen) atoms. The van der Waals surface area contributed by atoms with Gasteiger partial charge in [-0.15, -0.1) is 0 Å². The van der Waals surface area contributed by atoms with Crippen LogP contribution in [0.25, 0.3) is 0 Å². The zero-order chi connectivity index (χ0) is 14.4. The van der Waals surface area contributed by atoms with E-state index in [1.807, 2.05) is 13.8 Å². The highest BCUT2D eigenvalue weighted by atomic mass is 19.3. The van der Waals surface area contributed by atoms with Crippen LogP contribution in [0.15, 0.2) is 0 Å². The van der Waals surface area contributed by atoms with Gasteiger partial charge in [-0.2, -0.15) is 8.78 Å². The van der Waals surface area contributed by atoms with Crippen LogP contribution in [-0.4, -0.2) is 41.4 Å². The number of rotatable bonds is 5. The minimum absolute atomic E-state index is 0.182. The monoisotopic (exact) mass is 282 g/mol. The number of hydrogen-bond donors (Lipinski definition) is 1. The van der Waals surface area contributed by atoms with Crippen molar-refractivity contribution < 1.29 is 22.4 Å². The average Bonchev–Trinajstić information content (AvgIpc) is 3.00. The molecule has 110 valence electrons. The van der Waals surface area contributed by atoms with E-state index >= 15 is 0 Å². The van der Waals surface area contributed by atoms with Crippen molar-refractivity contribution in [2.45, 2.75) is 57.2 Å². The van der Waals surface area contributed by atoms with Crippen molar-refractivity contribution in [3.63, 3.8) is 0 Å². The summed E-state index contributed by atoms with van der Waals surface area (Å²) in [6.45, 7) is 2.58. The van der Waals surface area contributed by atoms with Gasteiger partial charge in [0.05, 0.1) is 18.2 Å². The molecule has 0 bridgehead atoms. The van der Waals surface area contributed by atoms with Crippen molar-refractivity contribution >= 4 is 5.91 Å². The fourth-order valence-corrected chi connectivity index (χ4v) is 2.47. The molecule has 1 saturated heterocycles. The van der Waals surface area contributed by atoms with E-state index in [0.29, 0.717) is 19.3 Å². The Morgan fingerprint density at radius 2 is 2.00 bits per heavy atom. The Hall–Kier alpha value is -0.850. The zero-order valence-electron chi connectivity index (χ0n) is 10.9. The maximum atomic E-state index is 13.2. The van der Waals surface area contributed by atoms with Gasteiger partial charge < -0.3 is 4.90 Å². The SMILES string of the molecule is CC(C)CC1NC2(CC2)C(=O)N1CC(F)(F)C(F)F. The third-order valence-electron chi connectivity index (χ3n) is 3.63. The summed E-state index contributed by atoms with van der Waals surface area (Å²) in [6, 6.07) is 0. The molecule has 1 aliphatic heterocycles. The zero-order valence-corrected chi connectivity index (χ0v) is 10.9. The third kappa shape index (κ3) is 2.70. The number of hydrogen-bond acceptors (Lipinski definition) is 2. The lowest BCUT2D eigenvalue weighted by molar-refractivity contribution is -0.157. The van der Waals surface area contributed by atoms with Gasteiger partial charge in [-0.3, -0.25) is 10.1 Å². The van der Waals surface area contributed by atoms with Crippen molar-refractivity contribution in [2.24, 2.45) is 5.92 Å². The Morgan fingerprint density at radius 1 is 1.42 bits per heavy atom. The Balaban J connectivity index is 2.12. The average molecular weight is 282 g/mol. The van der Waals surface area contributed by atoms with E-state index in [0.717, 1.165) is 4.90 Å². The van der Waals surface area contributed by atoms with Gasteiger partial charge in [-0.1, -0.05) is 13.8 Å². The van der Waals surface area contributed by atoms with Gasteiger partial charge in [0.2, 0.25) is 5.91 Å². The lowest BCUT2D eigenvalue weighted by Gasteiger charge is -2.29. The second-order valence-corrected chi connectivity index (χ2v) is 5.87. The van der Waals surface area contributed by atoms with Gasteiger partial charge in [0.25, 0.3) is 0 Å². The first-order valence-electron chi connectivity index (χ1n) is 6.43. The lowest BCUT2D eigenvalue weighted by Crippen LogP contribution is -2.47. The minimum Gasteiger partial charge on any atom is -0.319 e. The van der Waals surface area contributed by atoms with Crippen LogP contribution < -0.4 is 5.32 Å². The third-order valence-corrected chi connectivity index (χ3v) is 3.63. The molecular formula is C12H18F4N2O. The highest BCUT2D eigenvalue weighted by Gasteiger charge is 2.60. The van der Waals surface area contributed by atoms with Crippen molar-refractivity contribution in [1.29, 1.82) is 0 Å². The summed E-state index contributed by atoms with van der Waals surface area (Å²) >= 11 is 0. The number of alkyl halides is 4. The fourth-order valence-electron chi connectivity index (χ4n) is 2.47. The molecule has 2 fully saturated rings. The predicted molar refractivity (Wildman–Crippen MR) is 61.0 cm³/mol. The predicted octanol–water partition coefficient (Wildman–Crippen LogP) is 2.22. The molecule has 0 aromatic heterocycles. The van der Waals surface area contributed by atoms with E-state index in [1.54, 1.807) is 0 Å². The molecule has 0 radical (unpaired) electrons. The number of carbonyl (C=O) groups is 1. The first kappa shape index (κ1) is 14.6. The standard InChI is InChI=1S/C12H18F4N2O/c1-7(2)5-8-17-11(3-4-11)10(19)18(8)6-12(15,16)9(13)14/h7-9,17H,3-6H2,1-2H3. The summed E-state index contributed by atoms with van der Waals surface area (Å²) in [6.07, 6.45) is -2.66. The smallest absolute Gasteiger partial charge is 0.319 e. The van der Waals surface area contributed by atoms with Crippen LogP contribution in [0.1, 0.15) is 33.1 Å². The van der Waals surface area contributed by atoms with Gasteiger partial charge >= 0.3 is 12.3 Å². The molecule has 1 saturated carbocycles. The van der Waals surface area contributed by atoms with Gasteiger partial charge in [0, 0.05) is 0 Å². The minimum atomic E-state index is -4.16. The molecule has 1 spiro atoms. The van der Waals surface area contributed by atoms with Crippen LogP contribution in [0.3, 0.4) is 0 Å². The second-order valence-electron chi connectivity index (χ2n) is 5.87. The quantitative estimate of drug-likeness (QED) is 0.784. The summed E-state index contributed by atoms with van der Waals surface area (Å²) < 4.78 is 50.9. The fraction of sp³-hybridized carbons (Fsp3) is 0.917.